The van der Waals surface area contributed by atoms with Crippen LogP contribution in [0.4, 0.5) is 0 Å². The summed E-state index contributed by atoms with van der Waals surface area (Å²) in [6.07, 6.45) is 6.61. The molecule has 132 valence electrons. The van der Waals surface area contributed by atoms with E-state index in [0.717, 1.165) is 22.3 Å². The first kappa shape index (κ1) is 16.5. The number of rotatable bonds is 5. The Kier molecular flexibility index (Phi) is 4.50. The number of amides is 1. The zero-order valence-electron chi connectivity index (χ0n) is 14.5. The van der Waals surface area contributed by atoms with Gasteiger partial charge in [-0.05, 0) is 47.4 Å². The molecule has 0 aliphatic carbocycles. The fraction of sp³-hybridized carbons (Fsp3) is 0.250. The van der Waals surface area contributed by atoms with Crippen LogP contribution in [0, 0.1) is 0 Å². The summed E-state index contributed by atoms with van der Waals surface area (Å²) in [7, 11) is 0. The Hall–Kier alpha value is -2.99. The summed E-state index contributed by atoms with van der Waals surface area (Å²) in [4.78, 5) is 22.5. The number of nitrogens with zero attached hydrogens (tertiary/aromatic N) is 3. The average Bonchev–Trinajstić information content (AvgIpc) is 3.33. The lowest BCUT2D eigenvalue weighted by Crippen LogP contribution is -2.33. The highest BCUT2D eigenvalue weighted by molar-refractivity contribution is 5.80. The molecule has 0 spiro atoms. The molecule has 1 aromatic carbocycles. The molecule has 1 aliphatic heterocycles. The van der Waals surface area contributed by atoms with E-state index in [4.69, 9.17) is 9.15 Å². The lowest BCUT2D eigenvalue weighted by Gasteiger charge is -2.23. The van der Waals surface area contributed by atoms with Gasteiger partial charge in [-0.3, -0.25) is 9.78 Å². The number of aromatic nitrogens is 2. The van der Waals surface area contributed by atoms with Crippen molar-refractivity contribution < 1.29 is 13.9 Å². The van der Waals surface area contributed by atoms with Crippen LogP contribution in [0.25, 0.3) is 11.1 Å². The highest BCUT2D eigenvalue weighted by atomic mass is 16.5. The number of pyridine rings is 1. The van der Waals surface area contributed by atoms with Crippen molar-refractivity contribution in [3.63, 3.8) is 0 Å². The van der Waals surface area contributed by atoms with E-state index in [1.807, 2.05) is 19.1 Å². The van der Waals surface area contributed by atoms with Gasteiger partial charge in [-0.1, -0.05) is 12.1 Å². The second-order valence-electron chi connectivity index (χ2n) is 6.11. The molecule has 1 aliphatic rings. The van der Waals surface area contributed by atoms with E-state index < -0.39 is 0 Å². The molecule has 0 radical (unpaired) electrons. The Morgan fingerprint density at radius 1 is 1.23 bits per heavy atom. The number of fused-ring (bicyclic) bond motifs is 1. The third-order valence-corrected chi connectivity index (χ3v) is 4.57. The molecule has 0 saturated carbocycles. The van der Waals surface area contributed by atoms with Crippen LogP contribution in [0.3, 0.4) is 0 Å². The highest BCUT2D eigenvalue weighted by Gasteiger charge is 2.36. The van der Waals surface area contributed by atoms with Crippen LogP contribution >= 0.6 is 0 Å². The van der Waals surface area contributed by atoms with Crippen molar-refractivity contribution in [3.8, 4) is 11.1 Å². The van der Waals surface area contributed by atoms with Gasteiger partial charge in [0.1, 0.15) is 12.6 Å². The van der Waals surface area contributed by atoms with E-state index in [-0.39, 0.29) is 18.6 Å². The van der Waals surface area contributed by atoms with Gasteiger partial charge in [0.05, 0.1) is 6.20 Å². The minimum Gasteiger partial charge on any atom is -0.446 e. The SMILES string of the molecule is CCOCC(=O)N1Cc2cc(-c3ccncc3)ccc2C1c1cnco1. The third kappa shape index (κ3) is 2.99. The highest BCUT2D eigenvalue weighted by Crippen LogP contribution is 2.40. The summed E-state index contributed by atoms with van der Waals surface area (Å²) in [5, 5.41) is 0. The van der Waals surface area contributed by atoms with Crippen molar-refractivity contribution in [1.82, 2.24) is 14.9 Å². The standard InChI is InChI=1S/C20H19N3O3/c1-2-25-12-19(24)23-11-16-9-15(14-5-7-21-8-6-14)3-4-17(16)20(23)18-10-22-13-26-18/h3-10,13,20H,2,11-12H2,1H3. The fourth-order valence-corrected chi connectivity index (χ4v) is 3.35. The van der Waals surface area contributed by atoms with Crippen LogP contribution in [0.2, 0.25) is 0 Å². The molecule has 3 heterocycles. The molecule has 0 N–H and O–H groups in total. The zero-order valence-corrected chi connectivity index (χ0v) is 14.5. The summed E-state index contributed by atoms with van der Waals surface area (Å²) in [5.41, 5.74) is 4.36. The van der Waals surface area contributed by atoms with Gasteiger partial charge in [0.2, 0.25) is 5.91 Å². The van der Waals surface area contributed by atoms with Crippen molar-refractivity contribution in [1.29, 1.82) is 0 Å². The van der Waals surface area contributed by atoms with Gasteiger partial charge in [-0.2, -0.15) is 0 Å². The summed E-state index contributed by atoms with van der Waals surface area (Å²) >= 11 is 0. The third-order valence-electron chi connectivity index (χ3n) is 4.57. The second-order valence-corrected chi connectivity index (χ2v) is 6.11. The average molecular weight is 349 g/mol. The fourth-order valence-electron chi connectivity index (χ4n) is 3.35. The van der Waals surface area contributed by atoms with Gasteiger partial charge in [0, 0.05) is 25.5 Å². The second kappa shape index (κ2) is 7.09. The first-order chi connectivity index (χ1) is 12.8. The molecule has 0 saturated heterocycles. The van der Waals surface area contributed by atoms with Crippen LogP contribution in [0.15, 0.2) is 59.7 Å². The summed E-state index contributed by atoms with van der Waals surface area (Å²) in [6.45, 7) is 2.96. The molecule has 6 nitrogen and oxygen atoms in total. The Morgan fingerprint density at radius 3 is 2.81 bits per heavy atom. The Balaban J connectivity index is 1.71. The molecule has 1 unspecified atom stereocenters. The van der Waals surface area contributed by atoms with E-state index in [1.165, 1.54) is 6.39 Å². The van der Waals surface area contributed by atoms with Crippen LogP contribution in [-0.4, -0.2) is 34.0 Å². The molecular weight excluding hydrogens is 330 g/mol. The molecule has 1 atom stereocenters. The van der Waals surface area contributed by atoms with Gasteiger partial charge < -0.3 is 14.1 Å². The first-order valence-corrected chi connectivity index (χ1v) is 8.56. The Morgan fingerprint density at radius 2 is 2.08 bits per heavy atom. The minimum absolute atomic E-state index is 0.0603. The van der Waals surface area contributed by atoms with Crippen molar-refractivity contribution in [2.24, 2.45) is 0 Å². The molecular formula is C20H19N3O3. The number of hydrogen-bond acceptors (Lipinski definition) is 5. The molecule has 0 fully saturated rings. The molecule has 1 amide bonds. The van der Waals surface area contributed by atoms with E-state index in [2.05, 4.69) is 28.2 Å². The lowest BCUT2D eigenvalue weighted by atomic mass is 9.98. The number of carbonyl (C=O) groups excluding carboxylic acids is 1. The Labute approximate surface area is 151 Å². The maximum Gasteiger partial charge on any atom is 0.249 e. The van der Waals surface area contributed by atoms with E-state index in [0.29, 0.717) is 18.9 Å². The van der Waals surface area contributed by atoms with Gasteiger partial charge in [-0.15, -0.1) is 0 Å². The molecule has 6 heteroatoms. The van der Waals surface area contributed by atoms with Gasteiger partial charge in [-0.25, -0.2) is 4.98 Å². The van der Waals surface area contributed by atoms with Crippen molar-refractivity contribution in [3.05, 3.63) is 72.2 Å². The molecule has 4 rings (SSSR count). The Bertz CT molecular complexity index is 894. The topological polar surface area (TPSA) is 68.5 Å². The monoisotopic (exact) mass is 349 g/mol. The van der Waals surface area contributed by atoms with E-state index in [1.54, 1.807) is 23.5 Å². The molecule has 0 bridgehead atoms. The molecule has 26 heavy (non-hydrogen) atoms. The van der Waals surface area contributed by atoms with Gasteiger partial charge in [0.15, 0.2) is 12.2 Å². The van der Waals surface area contributed by atoms with Crippen LogP contribution in [0.1, 0.15) is 29.9 Å². The first-order valence-electron chi connectivity index (χ1n) is 8.56. The maximum absolute atomic E-state index is 12.7. The van der Waals surface area contributed by atoms with Crippen molar-refractivity contribution in [2.75, 3.05) is 13.2 Å². The van der Waals surface area contributed by atoms with Gasteiger partial charge >= 0.3 is 0 Å². The normalized spacial score (nSPS) is 15.9. The summed E-state index contributed by atoms with van der Waals surface area (Å²) in [5.74, 6) is 0.597. The number of carbonyl (C=O) groups is 1. The molecule has 3 aromatic rings. The van der Waals surface area contributed by atoms with Crippen molar-refractivity contribution in [2.45, 2.75) is 19.5 Å². The largest absolute Gasteiger partial charge is 0.446 e. The van der Waals surface area contributed by atoms with E-state index in [9.17, 15) is 4.79 Å². The van der Waals surface area contributed by atoms with Crippen LogP contribution < -0.4 is 0 Å². The van der Waals surface area contributed by atoms with Gasteiger partial charge in [0.25, 0.3) is 0 Å². The lowest BCUT2D eigenvalue weighted by molar-refractivity contribution is -0.138. The number of ether oxygens (including phenoxy) is 1. The summed E-state index contributed by atoms with van der Waals surface area (Å²) in [6, 6.07) is 9.93. The van der Waals surface area contributed by atoms with Crippen molar-refractivity contribution >= 4 is 5.91 Å². The number of oxazole rings is 1. The predicted molar refractivity (Wildman–Crippen MR) is 95.1 cm³/mol. The van der Waals surface area contributed by atoms with Crippen LogP contribution in [-0.2, 0) is 16.1 Å². The predicted octanol–water partition coefficient (Wildman–Crippen LogP) is 3.20. The van der Waals surface area contributed by atoms with Crippen LogP contribution in [0.5, 0.6) is 0 Å². The zero-order chi connectivity index (χ0) is 17.9. The summed E-state index contributed by atoms with van der Waals surface area (Å²) < 4.78 is 10.8. The maximum atomic E-state index is 12.7. The molecule has 2 aromatic heterocycles. The minimum atomic E-state index is -0.271. The smallest absolute Gasteiger partial charge is 0.249 e. The number of benzene rings is 1. The number of hydrogen-bond donors (Lipinski definition) is 0. The van der Waals surface area contributed by atoms with E-state index >= 15 is 0 Å². The quantitative estimate of drug-likeness (QED) is 0.707.